The summed E-state index contributed by atoms with van der Waals surface area (Å²) in [6, 6.07) is -0.557. The summed E-state index contributed by atoms with van der Waals surface area (Å²) in [6.45, 7) is 6.77. The van der Waals surface area contributed by atoms with Crippen LogP contribution in [0.1, 0.15) is 46.5 Å². The first kappa shape index (κ1) is 16.0. The molecule has 19 heavy (non-hydrogen) atoms. The number of piperidine rings is 1. The molecule has 0 aromatic carbocycles. The van der Waals surface area contributed by atoms with Gasteiger partial charge < -0.3 is 15.4 Å². The van der Waals surface area contributed by atoms with Crippen LogP contribution in [-0.2, 0) is 14.3 Å². The third-order valence-corrected chi connectivity index (χ3v) is 3.62. The molecule has 1 unspecified atom stereocenters. The zero-order chi connectivity index (χ0) is 14.5. The van der Waals surface area contributed by atoms with Crippen LogP contribution in [0.5, 0.6) is 0 Å². The van der Waals surface area contributed by atoms with E-state index >= 15 is 0 Å². The maximum atomic E-state index is 12.4. The molecule has 110 valence electrons. The summed E-state index contributed by atoms with van der Waals surface area (Å²) < 4.78 is 4.76. The summed E-state index contributed by atoms with van der Waals surface area (Å²) in [5.74, 6) is -0.166. The van der Waals surface area contributed by atoms with Crippen molar-refractivity contribution in [2.75, 3.05) is 13.7 Å². The van der Waals surface area contributed by atoms with Gasteiger partial charge in [-0.05, 0) is 45.1 Å². The Morgan fingerprint density at radius 3 is 2.53 bits per heavy atom. The van der Waals surface area contributed by atoms with Gasteiger partial charge in [-0.1, -0.05) is 13.8 Å². The topological polar surface area (TPSA) is 67.4 Å². The van der Waals surface area contributed by atoms with Crippen molar-refractivity contribution in [1.82, 2.24) is 10.6 Å². The standard InChI is InChI=1S/C14H26N2O3/c1-10(2)9-11(12(17)19-4)16-13(18)14(3)7-5-6-8-15-14/h10-11,15H,5-9H2,1-4H3,(H,16,18)/t11-,14?/m0/s1. The highest BCUT2D eigenvalue weighted by molar-refractivity contribution is 5.90. The molecule has 0 aromatic heterocycles. The second-order valence-electron chi connectivity index (χ2n) is 5.89. The van der Waals surface area contributed by atoms with Crippen molar-refractivity contribution in [3.8, 4) is 0 Å². The number of nitrogens with one attached hydrogen (secondary N) is 2. The molecule has 2 atom stereocenters. The molecule has 0 radical (unpaired) electrons. The lowest BCUT2D eigenvalue weighted by Crippen LogP contribution is -2.59. The predicted octanol–water partition coefficient (Wildman–Crippen LogP) is 1.22. The lowest BCUT2D eigenvalue weighted by molar-refractivity contribution is -0.146. The summed E-state index contributed by atoms with van der Waals surface area (Å²) in [4.78, 5) is 24.1. The summed E-state index contributed by atoms with van der Waals surface area (Å²) in [5, 5.41) is 6.08. The molecule has 1 rings (SSSR count). The monoisotopic (exact) mass is 270 g/mol. The average Bonchev–Trinajstić information content (AvgIpc) is 2.37. The fraction of sp³-hybridized carbons (Fsp3) is 0.857. The predicted molar refractivity (Wildman–Crippen MR) is 73.7 cm³/mol. The lowest BCUT2D eigenvalue weighted by atomic mass is 9.89. The number of ether oxygens (including phenoxy) is 1. The molecule has 1 aliphatic rings. The van der Waals surface area contributed by atoms with Crippen molar-refractivity contribution >= 4 is 11.9 Å². The molecule has 1 heterocycles. The summed E-state index contributed by atoms with van der Waals surface area (Å²) in [7, 11) is 1.35. The molecular formula is C14H26N2O3. The molecule has 0 aliphatic carbocycles. The van der Waals surface area contributed by atoms with E-state index in [-0.39, 0.29) is 11.9 Å². The largest absolute Gasteiger partial charge is 0.467 e. The van der Waals surface area contributed by atoms with E-state index in [1.165, 1.54) is 7.11 Å². The number of hydrogen-bond acceptors (Lipinski definition) is 4. The summed E-state index contributed by atoms with van der Waals surface area (Å²) in [5.41, 5.74) is -0.568. The smallest absolute Gasteiger partial charge is 0.328 e. The van der Waals surface area contributed by atoms with Crippen molar-refractivity contribution in [2.45, 2.75) is 58.0 Å². The van der Waals surface area contributed by atoms with Gasteiger partial charge in [0.15, 0.2) is 0 Å². The van der Waals surface area contributed by atoms with E-state index in [2.05, 4.69) is 10.6 Å². The highest BCUT2D eigenvalue weighted by atomic mass is 16.5. The molecule has 1 aliphatic heterocycles. The maximum Gasteiger partial charge on any atom is 0.328 e. The quantitative estimate of drug-likeness (QED) is 0.737. The van der Waals surface area contributed by atoms with E-state index in [4.69, 9.17) is 4.74 Å². The van der Waals surface area contributed by atoms with Crippen LogP contribution >= 0.6 is 0 Å². The van der Waals surface area contributed by atoms with Crippen molar-refractivity contribution in [1.29, 1.82) is 0 Å². The first-order valence-electron chi connectivity index (χ1n) is 7.03. The first-order chi connectivity index (χ1) is 8.89. The minimum atomic E-state index is -0.568. The van der Waals surface area contributed by atoms with Gasteiger partial charge in [0.25, 0.3) is 0 Å². The molecule has 5 heteroatoms. The number of amides is 1. The van der Waals surface area contributed by atoms with Crippen molar-refractivity contribution in [3.05, 3.63) is 0 Å². The van der Waals surface area contributed by atoms with Crippen LogP contribution in [0.15, 0.2) is 0 Å². The molecule has 0 aromatic rings. The number of rotatable bonds is 5. The SMILES string of the molecule is COC(=O)[C@H](CC(C)C)NC(=O)C1(C)CCCCN1. The zero-order valence-corrected chi connectivity index (χ0v) is 12.4. The fourth-order valence-electron chi connectivity index (χ4n) is 2.40. The Balaban J connectivity index is 2.66. The van der Waals surface area contributed by atoms with E-state index in [1.807, 2.05) is 20.8 Å². The normalized spacial score (nSPS) is 24.9. The second-order valence-corrected chi connectivity index (χ2v) is 5.89. The number of carbonyl (C=O) groups excluding carboxylic acids is 2. The van der Waals surface area contributed by atoms with Gasteiger partial charge in [-0.25, -0.2) is 4.79 Å². The van der Waals surface area contributed by atoms with Crippen LogP contribution in [0.4, 0.5) is 0 Å². The Bertz CT molecular complexity index is 323. The van der Waals surface area contributed by atoms with E-state index in [0.717, 1.165) is 25.8 Å². The first-order valence-corrected chi connectivity index (χ1v) is 7.03. The van der Waals surface area contributed by atoms with Gasteiger partial charge in [-0.2, -0.15) is 0 Å². The Hall–Kier alpha value is -1.10. The van der Waals surface area contributed by atoms with Crippen LogP contribution in [-0.4, -0.2) is 37.1 Å². The average molecular weight is 270 g/mol. The second kappa shape index (κ2) is 6.89. The molecule has 5 nitrogen and oxygen atoms in total. The molecule has 0 spiro atoms. The van der Waals surface area contributed by atoms with Crippen molar-refractivity contribution in [2.24, 2.45) is 5.92 Å². The van der Waals surface area contributed by atoms with Crippen LogP contribution in [0.3, 0.4) is 0 Å². The minimum absolute atomic E-state index is 0.108. The number of carbonyl (C=O) groups is 2. The number of esters is 1. The maximum absolute atomic E-state index is 12.4. The highest BCUT2D eigenvalue weighted by Gasteiger charge is 2.36. The Kier molecular flexibility index (Phi) is 5.79. The van der Waals surface area contributed by atoms with Gasteiger partial charge in [0.05, 0.1) is 12.6 Å². The Morgan fingerprint density at radius 1 is 1.37 bits per heavy atom. The van der Waals surface area contributed by atoms with Crippen LogP contribution < -0.4 is 10.6 Å². The molecule has 2 N–H and O–H groups in total. The van der Waals surface area contributed by atoms with Gasteiger partial charge in [-0.15, -0.1) is 0 Å². The van der Waals surface area contributed by atoms with E-state index < -0.39 is 11.6 Å². The molecule has 0 saturated carbocycles. The minimum Gasteiger partial charge on any atom is -0.467 e. The Labute approximate surface area is 115 Å². The third kappa shape index (κ3) is 4.49. The molecular weight excluding hydrogens is 244 g/mol. The molecule has 1 saturated heterocycles. The van der Waals surface area contributed by atoms with Gasteiger partial charge in [0, 0.05) is 0 Å². The molecule has 0 bridgehead atoms. The van der Waals surface area contributed by atoms with E-state index in [9.17, 15) is 9.59 Å². The number of hydrogen-bond donors (Lipinski definition) is 2. The van der Waals surface area contributed by atoms with Crippen LogP contribution in [0.25, 0.3) is 0 Å². The number of methoxy groups -OCH3 is 1. The molecule has 1 amide bonds. The third-order valence-electron chi connectivity index (χ3n) is 3.62. The summed E-state index contributed by atoms with van der Waals surface area (Å²) >= 11 is 0. The van der Waals surface area contributed by atoms with Crippen molar-refractivity contribution in [3.63, 3.8) is 0 Å². The van der Waals surface area contributed by atoms with E-state index in [0.29, 0.717) is 12.3 Å². The van der Waals surface area contributed by atoms with Gasteiger partial charge in [0.1, 0.15) is 6.04 Å². The van der Waals surface area contributed by atoms with E-state index in [1.54, 1.807) is 0 Å². The van der Waals surface area contributed by atoms with Crippen molar-refractivity contribution < 1.29 is 14.3 Å². The highest BCUT2D eigenvalue weighted by Crippen LogP contribution is 2.19. The van der Waals surface area contributed by atoms with Crippen LogP contribution in [0.2, 0.25) is 0 Å². The zero-order valence-electron chi connectivity index (χ0n) is 12.4. The fourth-order valence-corrected chi connectivity index (χ4v) is 2.40. The lowest BCUT2D eigenvalue weighted by Gasteiger charge is -2.34. The van der Waals surface area contributed by atoms with Gasteiger partial charge in [-0.3, -0.25) is 4.79 Å². The van der Waals surface area contributed by atoms with Gasteiger partial charge >= 0.3 is 5.97 Å². The van der Waals surface area contributed by atoms with Gasteiger partial charge in [0.2, 0.25) is 5.91 Å². The Morgan fingerprint density at radius 2 is 2.05 bits per heavy atom. The summed E-state index contributed by atoms with van der Waals surface area (Å²) in [6.07, 6.45) is 3.52. The van der Waals surface area contributed by atoms with Crippen LogP contribution in [0, 0.1) is 5.92 Å². The molecule has 1 fully saturated rings.